The lowest BCUT2D eigenvalue weighted by Gasteiger charge is -2.12. The minimum absolute atomic E-state index is 0.00148. The molecule has 0 aliphatic carbocycles. The SMILES string of the molecule is CCCCN1C(=O)c2ccc(C(=O)OCc3nc(CC(=O)Nc4ccccc4OC)no3)cc2C1=O. The molecule has 4 rings (SSSR count). The molecule has 1 aromatic heterocycles. The van der Waals surface area contributed by atoms with Gasteiger partial charge in [-0.1, -0.05) is 30.6 Å². The van der Waals surface area contributed by atoms with Gasteiger partial charge >= 0.3 is 5.97 Å². The molecule has 0 saturated carbocycles. The van der Waals surface area contributed by atoms with Gasteiger partial charge in [-0.3, -0.25) is 19.3 Å². The summed E-state index contributed by atoms with van der Waals surface area (Å²) in [6.07, 6.45) is 1.38. The topological polar surface area (TPSA) is 141 Å². The molecule has 0 bridgehead atoms. The van der Waals surface area contributed by atoms with Crippen LogP contribution in [0.2, 0.25) is 0 Å². The number of fused-ring (bicyclic) bond motifs is 1. The largest absolute Gasteiger partial charge is 0.495 e. The van der Waals surface area contributed by atoms with Crippen LogP contribution in [0.5, 0.6) is 5.75 Å². The Morgan fingerprint density at radius 1 is 1.08 bits per heavy atom. The maximum absolute atomic E-state index is 12.6. The molecular formula is C25H24N4O7. The van der Waals surface area contributed by atoms with Crippen molar-refractivity contribution in [2.45, 2.75) is 32.8 Å². The van der Waals surface area contributed by atoms with Crippen molar-refractivity contribution < 1.29 is 33.2 Å². The summed E-state index contributed by atoms with van der Waals surface area (Å²) in [5.41, 5.74) is 1.06. The minimum Gasteiger partial charge on any atom is -0.495 e. The van der Waals surface area contributed by atoms with E-state index >= 15 is 0 Å². The zero-order chi connectivity index (χ0) is 25.7. The number of esters is 1. The molecule has 2 aromatic carbocycles. The summed E-state index contributed by atoms with van der Waals surface area (Å²) in [5, 5.41) is 6.44. The van der Waals surface area contributed by atoms with Crippen LogP contribution in [0.15, 0.2) is 47.0 Å². The number of carbonyl (C=O) groups is 4. The standard InChI is InChI=1S/C25H24N4O7/c1-3-4-11-29-23(31)16-10-9-15(12-17(16)24(29)32)25(33)35-14-22-27-20(28-36-22)13-21(30)26-18-7-5-6-8-19(18)34-2/h5-10,12H,3-4,11,13-14H2,1-2H3,(H,26,30). The fourth-order valence-corrected chi connectivity index (χ4v) is 3.65. The highest BCUT2D eigenvalue weighted by Gasteiger charge is 2.35. The molecule has 1 aliphatic rings. The zero-order valence-electron chi connectivity index (χ0n) is 19.8. The quantitative estimate of drug-likeness (QED) is 0.334. The Labute approximate surface area is 206 Å². The number of ether oxygens (including phenoxy) is 2. The van der Waals surface area contributed by atoms with Crippen molar-refractivity contribution in [1.82, 2.24) is 15.0 Å². The maximum atomic E-state index is 12.6. The van der Waals surface area contributed by atoms with Crippen molar-refractivity contribution >= 4 is 29.4 Å². The molecule has 11 nitrogen and oxygen atoms in total. The Bertz CT molecular complexity index is 1320. The van der Waals surface area contributed by atoms with Gasteiger partial charge in [0.15, 0.2) is 12.4 Å². The second-order valence-corrected chi connectivity index (χ2v) is 7.98. The number of nitrogens with zero attached hydrogens (tertiary/aromatic N) is 3. The zero-order valence-corrected chi connectivity index (χ0v) is 19.8. The molecule has 0 saturated heterocycles. The molecule has 1 N–H and O–H groups in total. The Balaban J connectivity index is 1.33. The summed E-state index contributed by atoms with van der Waals surface area (Å²) in [6, 6.07) is 11.2. The van der Waals surface area contributed by atoms with Gasteiger partial charge in [0, 0.05) is 6.54 Å². The molecule has 186 valence electrons. The first-order valence-corrected chi connectivity index (χ1v) is 11.3. The predicted molar refractivity (Wildman–Crippen MR) is 125 cm³/mol. The van der Waals surface area contributed by atoms with Crippen LogP contribution in [0.1, 0.15) is 62.6 Å². The van der Waals surface area contributed by atoms with Crippen molar-refractivity contribution in [2.24, 2.45) is 0 Å². The predicted octanol–water partition coefficient (Wildman–Crippen LogP) is 3.01. The van der Waals surface area contributed by atoms with Crippen LogP contribution in [0.4, 0.5) is 5.69 Å². The normalized spacial score (nSPS) is 12.4. The van der Waals surface area contributed by atoms with Gasteiger partial charge in [0.1, 0.15) is 5.75 Å². The Morgan fingerprint density at radius 2 is 1.86 bits per heavy atom. The van der Waals surface area contributed by atoms with Crippen molar-refractivity contribution in [1.29, 1.82) is 0 Å². The number of methoxy groups -OCH3 is 1. The number of nitrogens with one attached hydrogen (secondary N) is 1. The molecule has 1 aliphatic heterocycles. The van der Waals surface area contributed by atoms with Gasteiger partial charge in [-0.2, -0.15) is 4.98 Å². The van der Waals surface area contributed by atoms with Crippen LogP contribution in [0.25, 0.3) is 0 Å². The lowest BCUT2D eigenvalue weighted by Crippen LogP contribution is -2.30. The average Bonchev–Trinajstić information content (AvgIpc) is 3.42. The minimum atomic E-state index is -0.723. The van der Waals surface area contributed by atoms with Crippen LogP contribution < -0.4 is 10.1 Å². The number of unbranched alkanes of at least 4 members (excludes halogenated alkanes) is 1. The second-order valence-electron chi connectivity index (χ2n) is 7.98. The second kappa shape index (κ2) is 10.8. The van der Waals surface area contributed by atoms with Crippen molar-refractivity contribution in [3.05, 3.63) is 70.9 Å². The van der Waals surface area contributed by atoms with Crippen LogP contribution in [0, 0.1) is 0 Å². The number of rotatable bonds is 10. The molecule has 0 radical (unpaired) electrons. The molecule has 3 amide bonds. The van der Waals surface area contributed by atoms with E-state index in [1.807, 2.05) is 6.92 Å². The number of hydrogen-bond donors (Lipinski definition) is 1. The van der Waals surface area contributed by atoms with E-state index in [-0.39, 0.29) is 53.2 Å². The van der Waals surface area contributed by atoms with E-state index in [1.165, 1.54) is 30.2 Å². The lowest BCUT2D eigenvalue weighted by molar-refractivity contribution is -0.115. The third-order valence-electron chi connectivity index (χ3n) is 5.48. The molecule has 0 spiro atoms. The highest BCUT2D eigenvalue weighted by atomic mass is 16.6. The Hall–Kier alpha value is -4.54. The summed E-state index contributed by atoms with van der Waals surface area (Å²) in [5.74, 6) is -1.27. The van der Waals surface area contributed by atoms with E-state index in [0.29, 0.717) is 24.4 Å². The fraction of sp³-hybridized carbons (Fsp3) is 0.280. The molecule has 3 aromatic rings. The number of amides is 3. The summed E-state index contributed by atoms with van der Waals surface area (Å²) in [4.78, 5) is 55.1. The molecule has 0 atom stereocenters. The van der Waals surface area contributed by atoms with Crippen molar-refractivity contribution in [3.8, 4) is 5.75 Å². The van der Waals surface area contributed by atoms with E-state index in [1.54, 1.807) is 24.3 Å². The third kappa shape index (κ3) is 5.24. The van der Waals surface area contributed by atoms with Crippen LogP contribution in [-0.2, 0) is 22.6 Å². The summed E-state index contributed by atoms with van der Waals surface area (Å²) < 4.78 is 15.5. The number of aromatic nitrogens is 2. The number of hydrogen-bond acceptors (Lipinski definition) is 9. The summed E-state index contributed by atoms with van der Waals surface area (Å²) in [6.45, 7) is 1.97. The van der Waals surface area contributed by atoms with Gasteiger partial charge in [0.25, 0.3) is 17.7 Å². The highest BCUT2D eigenvalue weighted by molar-refractivity contribution is 6.21. The molecule has 36 heavy (non-hydrogen) atoms. The Morgan fingerprint density at radius 3 is 2.64 bits per heavy atom. The molecule has 0 fully saturated rings. The van der Waals surface area contributed by atoms with Gasteiger partial charge in [-0.25, -0.2) is 4.79 Å². The van der Waals surface area contributed by atoms with Crippen LogP contribution in [-0.4, -0.2) is 52.4 Å². The van der Waals surface area contributed by atoms with E-state index in [2.05, 4.69) is 15.5 Å². The third-order valence-corrected chi connectivity index (χ3v) is 5.48. The van der Waals surface area contributed by atoms with E-state index in [9.17, 15) is 19.2 Å². The number of para-hydroxylation sites is 2. The average molecular weight is 492 g/mol. The Kier molecular flexibility index (Phi) is 7.38. The van der Waals surface area contributed by atoms with Gasteiger partial charge in [0.05, 0.1) is 35.9 Å². The van der Waals surface area contributed by atoms with Crippen LogP contribution in [0.3, 0.4) is 0 Å². The molecule has 0 unspecified atom stereocenters. The number of imide groups is 1. The monoisotopic (exact) mass is 492 g/mol. The summed E-state index contributed by atoms with van der Waals surface area (Å²) in [7, 11) is 1.50. The smallest absolute Gasteiger partial charge is 0.338 e. The number of benzene rings is 2. The maximum Gasteiger partial charge on any atom is 0.338 e. The highest BCUT2D eigenvalue weighted by Crippen LogP contribution is 2.25. The van der Waals surface area contributed by atoms with Crippen molar-refractivity contribution in [2.75, 3.05) is 19.0 Å². The first kappa shape index (κ1) is 24.6. The number of anilines is 1. The van der Waals surface area contributed by atoms with Crippen LogP contribution >= 0.6 is 0 Å². The molecule has 2 heterocycles. The first-order chi connectivity index (χ1) is 17.4. The van der Waals surface area contributed by atoms with Gasteiger partial charge in [-0.05, 0) is 36.8 Å². The number of carbonyl (C=O) groups excluding carboxylic acids is 4. The van der Waals surface area contributed by atoms with Gasteiger partial charge in [0.2, 0.25) is 5.91 Å². The first-order valence-electron chi connectivity index (χ1n) is 11.3. The lowest BCUT2D eigenvalue weighted by atomic mass is 10.1. The van der Waals surface area contributed by atoms with Gasteiger partial charge < -0.3 is 19.3 Å². The van der Waals surface area contributed by atoms with E-state index < -0.39 is 11.9 Å². The molecular weight excluding hydrogens is 468 g/mol. The summed E-state index contributed by atoms with van der Waals surface area (Å²) >= 11 is 0. The van der Waals surface area contributed by atoms with Gasteiger partial charge in [-0.15, -0.1) is 0 Å². The van der Waals surface area contributed by atoms with Crippen molar-refractivity contribution in [3.63, 3.8) is 0 Å². The van der Waals surface area contributed by atoms with E-state index in [4.69, 9.17) is 14.0 Å². The molecule has 11 heteroatoms. The fourth-order valence-electron chi connectivity index (χ4n) is 3.65. The van der Waals surface area contributed by atoms with E-state index in [0.717, 1.165) is 6.42 Å².